The minimum absolute atomic E-state index is 0.195. The number of sulfonamides is 1. The Morgan fingerprint density at radius 2 is 1.95 bits per heavy atom. The van der Waals surface area contributed by atoms with Gasteiger partial charge in [0.1, 0.15) is 0 Å². The lowest BCUT2D eigenvalue weighted by Gasteiger charge is -2.18. The zero-order chi connectivity index (χ0) is 14.8. The minimum atomic E-state index is -3.57. The number of hydrogen-bond donors (Lipinski definition) is 1. The van der Waals surface area contributed by atoms with E-state index in [1.165, 1.54) is 15.6 Å². The van der Waals surface area contributed by atoms with E-state index in [1.54, 1.807) is 18.5 Å². The fraction of sp³-hybridized carbons (Fsp3) is 0.286. The molecule has 0 aliphatic rings. The van der Waals surface area contributed by atoms with Crippen molar-refractivity contribution in [3.05, 3.63) is 51.7 Å². The van der Waals surface area contributed by atoms with Gasteiger partial charge in [-0.1, -0.05) is 24.3 Å². The van der Waals surface area contributed by atoms with Crippen LogP contribution in [0.25, 0.3) is 0 Å². The molecule has 0 amide bonds. The molecular formula is C14H17NO3S2. The number of aryl methyl sites for hydroxylation is 1. The van der Waals surface area contributed by atoms with Gasteiger partial charge in [0.2, 0.25) is 10.0 Å². The summed E-state index contributed by atoms with van der Waals surface area (Å²) in [4.78, 5) is 0.669. The normalized spacial score (nSPS) is 12.0. The first kappa shape index (κ1) is 15.2. The molecule has 0 saturated carbocycles. The van der Waals surface area contributed by atoms with Crippen molar-refractivity contribution in [2.45, 2.75) is 25.0 Å². The molecule has 1 N–H and O–H groups in total. The van der Waals surface area contributed by atoms with Crippen LogP contribution in [0.1, 0.15) is 16.0 Å². The van der Waals surface area contributed by atoms with Crippen molar-refractivity contribution in [2.75, 3.05) is 7.05 Å². The van der Waals surface area contributed by atoms with Crippen LogP contribution in [0.2, 0.25) is 0 Å². The summed E-state index contributed by atoms with van der Waals surface area (Å²) in [7, 11) is -2.01. The number of rotatable bonds is 5. The zero-order valence-corrected chi connectivity index (χ0v) is 13.0. The summed E-state index contributed by atoms with van der Waals surface area (Å²) < 4.78 is 26.3. The summed E-state index contributed by atoms with van der Waals surface area (Å²) >= 11 is 1.25. The third-order valence-electron chi connectivity index (χ3n) is 3.19. The van der Waals surface area contributed by atoms with Gasteiger partial charge in [0.05, 0.1) is 11.5 Å². The third kappa shape index (κ3) is 2.93. The van der Waals surface area contributed by atoms with Crippen LogP contribution in [-0.2, 0) is 23.2 Å². The molecule has 0 fully saturated rings. The first-order chi connectivity index (χ1) is 9.46. The second kappa shape index (κ2) is 6.05. The fourth-order valence-electron chi connectivity index (χ4n) is 1.95. The Morgan fingerprint density at radius 1 is 1.25 bits per heavy atom. The van der Waals surface area contributed by atoms with Crippen molar-refractivity contribution in [1.82, 2.24) is 4.31 Å². The molecule has 20 heavy (non-hydrogen) atoms. The maximum atomic E-state index is 12.5. The van der Waals surface area contributed by atoms with Crippen molar-refractivity contribution >= 4 is 21.4 Å². The van der Waals surface area contributed by atoms with Gasteiger partial charge in [0.15, 0.2) is 0 Å². The predicted molar refractivity (Wildman–Crippen MR) is 80.1 cm³/mol. The van der Waals surface area contributed by atoms with Crippen LogP contribution in [-0.4, -0.2) is 24.9 Å². The third-order valence-corrected chi connectivity index (χ3v) is 6.11. The molecule has 0 aliphatic heterocycles. The number of thiophene rings is 1. The topological polar surface area (TPSA) is 57.6 Å². The van der Waals surface area contributed by atoms with Gasteiger partial charge in [-0.15, -0.1) is 11.3 Å². The number of nitrogens with zero attached hydrogens (tertiary/aromatic N) is 1. The lowest BCUT2D eigenvalue weighted by molar-refractivity contribution is 0.282. The molecule has 1 aromatic carbocycles. The summed E-state index contributed by atoms with van der Waals surface area (Å²) in [5.74, 6) is 0. The van der Waals surface area contributed by atoms with Crippen molar-refractivity contribution in [3.63, 3.8) is 0 Å². The quantitative estimate of drug-likeness (QED) is 0.922. The first-order valence-corrected chi connectivity index (χ1v) is 8.47. The minimum Gasteiger partial charge on any atom is -0.391 e. The average Bonchev–Trinajstić information content (AvgIpc) is 2.90. The molecule has 4 nitrogen and oxygen atoms in total. The summed E-state index contributed by atoms with van der Waals surface area (Å²) in [5.41, 5.74) is 2.03. The molecule has 0 unspecified atom stereocenters. The summed E-state index contributed by atoms with van der Waals surface area (Å²) in [6.45, 7) is 2.01. The van der Waals surface area contributed by atoms with Crippen molar-refractivity contribution in [2.24, 2.45) is 0 Å². The second-order valence-corrected chi connectivity index (χ2v) is 7.57. The summed E-state index contributed by atoms with van der Waals surface area (Å²) in [5, 5.41) is 10.9. The predicted octanol–water partition coefficient (Wildman–Crippen LogP) is 2.37. The molecule has 2 aromatic rings. The lowest BCUT2D eigenvalue weighted by Crippen LogP contribution is -2.27. The highest BCUT2D eigenvalue weighted by molar-refractivity contribution is 7.89. The Bertz CT molecular complexity index is 692. The molecule has 0 bridgehead atoms. The van der Waals surface area contributed by atoms with Gasteiger partial charge in [-0.05, 0) is 29.5 Å². The fourth-order valence-corrected chi connectivity index (χ4v) is 4.36. The molecule has 0 atom stereocenters. The van der Waals surface area contributed by atoms with Gasteiger partial charge in [-0.3, -0.25) is 0 Å². The van der Waals surface area contributed by atoms with Gasteiger partial charge in [0.25, 0.3) is 0 Å². The Labute approximate surface area is 123 Å². The molecule has 0 spiro atoms. The lowest BCUT2D eigenvalue weighted by atomic mass is 10.1. The van der Waals surface area contributed by atoms with E-state index in [0.29, 0.717) is 11.4 Å². The van der Waals surface area contributed by atoms with Crippen LogP contribution in [0.15, 0.2) is 40.6 Å². The zero-order valence-electron chi connectivity index (χ0n) is 11.4. The van der Waals surface area contributed by atoms with Gasteiger partial charge in [0, 0.05) is 18.5 Å². The number of aliphatic hydroxyl groups excluding tert-OH is 1. The van der Waals surface area contributed by atoms with Crippen LogP contribution < -0.4 is 0 Å². The molecule has 0 saturated heterocycles. The largest absolute Gasteiger partial charge is 0.391 e. The van der Waals surface area contributed by atoms with Gasteiger partial charge in [-0.2, -0.15) is 4.31 Å². The number of benzene rings is 1. The Hall–Kier alpha value is -1.21. The molecular weight excluding hydrogens is 294 g/mol. The van der Waals surface area contributed by atoms with Gasteiger partial charge in [-0.25, -0.2) is 8.42 Å². The standard InChI is InChI=1S/C14H17NO3S2/c1-11-5-3-4-6-12(11)9-15(2)20(17,18)14-7-8-19-13(14)10-16/h3-8,16H,9-10H2,1-2H3. The first-order valence-electron chi connectivity index (χ1n) is 6.15. The van der Waals surface area contributed by atoms with E-state index >= 15 is 0 Å². The second-order valence-electron chi connectivity index (χ2n) is 4.55. The molecule has 1 aromatic heterocycles. The maximum absolute atomic E-state index is 12.5. The number of aliphatic hydroxyl groups is 1. The van der Waals surface area contributed by atoms with Crippen LogP contribution in [0.4, 0.5) is 0 Å². The maximum Gasteiger partial charge on any atom is 0.244 e. The van der Waals surface area contributed by atoms with E-state index in [9.17, 15) is 13.5 Å². The van der Waals surface area contributed by atoms with Crippen molar-refractivity contribution in [3.8, 4) is 0 Å². The van der Waals surface area contributed by atoms with E-state index in [1.807, 2.05) is 31.2 Å². The van der Waals surface area contributed by atoms with Crippen LogP contribution in [0.3, 0.4) is 0 Å². The molecule has 6 heteroatoms. The highest BCUT2D eigenvalue weighted by atomic mass is 32.2. The van der Waals surface area contributed by atoms with E-state index in [0.717, 1.165) is 11.1 Å². The van der Waals surface area contributed by atoms with Crippen LogP contribution >= 0.6 is 11.3 Å². The van der Waals surface area contributed by atoms with E-state index in [4.69, 9.17) is 0 Å². The molecule has 0 aliphatic carbocycles. The Morgan fingerprint density at radius 3 is 2.60 bits per heavy atom. The molecule has 2 rings (SSSR count). The highest BCUT2D eigenvalue weighted by Crippen LogP contribution is 2.25. The van der Waals surface area contributed by atoms with E-state index < -0.39 is 10.0 Å². The Balaban J connectivity index is 2.29. The average molecular weight is 311 g/mol. The molecule has 108 valence electrons. The summed E-state index contributed by atoms with van der Waals surface area (Å²) in [6, 6.07) is 9.24. The van der Waals surface area contributed by atoms with Gasteiger partial charge < -0.3 is 5.11 Å². The smallest absolute Gasteiger partial charge is 0.244 e. The Kier molecular flexibility index (Phi) is 4.59. The highest BCUT2D eigenvalue weighted by Gasteiger charge is 2.24. The van der Waals surface area contributed by atoms with E-state index in [-0.39, 0.29) is 11.5 Å². The molecule has 1 heterocycles. The molecule has 0 radical (unpaired) electrons. The monoisotopic (exact) mass is 311 g/mol. The van der Waals surface area contributed by atoms with E-state index in [2.05, 4.69) is 0 Å². The van der Waals surface area contributed by atoms with Crippen LogP contribution in [0.5, 0.6) is 0 Å². The van der Waals surface area contributed by atoms with Crippen LogP contribution in [0, 0.1) is 6.92 Å². The van der Waals surface area contributed by atoms with Crippen molar-refractivity contribution in [1.29, 1.82) is 0 Å². The van der Waals surface area contributed by atoms with Crippen molar-refractivity contribution < 1.29 is 13.5 Å². The summed E-state index contributed by atoms with van der Waals surface area (Å²) in [6.07, 6.45) is 0. The van der Waals surface area contributed by atoms with Gasteiger partial charge >= 0.3 is 0 Å². The number of hydrogen-bond acceptors (Lipinski definition) is 4. The SMILES string of the molecule is Cc1ccccc1CN(C)S(=O)(=O)c1ccsc1CO.